The first kappa shape index (κ1) is 28.8. The minimum Gasteiger partial charge on any atom is -0.462 e. The molecule has 0 saturated heterocycles. The zero-order valence-corrected chi connectivity index (χ0v) is 22.6. The standard InChI is InChI=1S/C32H30N2O7/c1-2-39-32(38)23-10-13-25(14-11-23)34-30(36)21-40-31(37)9-5-8-29(35)33-26-15-18-27(19-16-26)41-28-17-12-22-6-3-4-7-24(22)20-28/h3-4,6-7,10-20H,2,5,8-9,21H2,1H3,(H,33,35)(H,34,36). The smallest absolute Gasteiger partial charge is 0.338 e. The highest BCUT2D eigenvalue weighted by Crippen LogP contribution is 2.26. The van der Waals surface area contributed by atoms with Gasteiger partial charge in [-0.15, -0.1) is 0 Å². The lowest BCUT2D eigenvalue weighted by atomic mass is 10.1. The van der Waals surface area contributed by atoms with Gasteiger partial charge in [-0.3, -0.25) is 14.4 Å². The molecule has 4 aromatic carbocycles. The van der Waals surface area contributed by atoms with Crippen LogP contribution in [0.1, 0.15) is 36.5 Å². The summed E-state index contributed by atoms with van der Waals surface area (Å²) in [7, 11) is 0. The summed E-state index contributed by atoms with van der Waals surface area (Å²) in [6.07, 6.45) is 0.377. The van der Waals surface area contributed by atoms with Crippen LogP contribution in [-0.4, -0.2) is 37.0 Å². The first-order chi connectivity index (χ1) is 19.9. The molecule has 0 radical (unpaired) electrons. The first-order valence-electron chi connectivity index (χ1n) is 13.2. The largest absolute Gasteiger partial charge is 0.462 e. The van der Waals surface area contributed by atoms with Crippen LogP contribution in [0.3, 0.4) is 0 Å². The highest BCUT2D eigenvalue weighted by Gasteiger charge is 2.11. The fourth-order valence-corrected chi connectivity index (χ4v) is 3.91. The summed E-state index contributed by atoms with van der Waals surface area (Å²) in [6.45, 7) is 1.52. The molecule has 2 N–H and O–H groups in total. The number of rotatable bonds is 12. The molecule has 0 aromatic heterocycles. The van der Waals surface area contributed by atoms with Gasteiger partial charge in [0.05, 0.1) is 12.2 Å². The van der Waals surface area contributed by atoms with Gasteiger partial charge in [0.15, 0.2) is 6.61 Å². The molecule has 210 valence electrons. The second-order valence-corrected chi connectivity index (χ2v) is 9.04. The molecule has 0 spiro atoms. The van der Waals surface area contributed by atoms with Crippen LogP contribution in [0.5, 0.6) is 11.5 Å². The van der Waals surface area contributed by atoms with Crippen molar-refractivity contribution in [2.24, 2.45) is 0 Å². The summed E-state index contributed by atoms with van der Waals surface area (Å²) < 4.78 is 15.8. The third-order valence-electron chi connectivity index (χ3n) is 5.92. The number of anilines is 2. The predicted octanol–water partition coefficient (Wildman–Crippen LogP) is 6.10. The molecule has 0 bridgehead atoms. The highest BCUT2D eigenvalue weighted by atomic mass is 16.5. The lowest BCUT2D eigenvalue weighted by Crippen LogP contribution is -2.21. The fraction of sp³-hybridized carbons (Fsp3) is 0.188. The van der Waals surface area contributed by atoms with Crippen molar-refractivity contribution < 1.29 is 33.4 Å². The van der Waals surface area contributed by atoms with Gasteiger partial charge in [0.2, 0.25) is 5.91 Å². The topological polar surface area (TPSA) is 120 Å². The molecule has 0 aliphatic carbocycles. The molecule has 0 fully saturated rings. The van der Waals surface area contributed by atoms with Crippen molar-refractivity contribution in [2.75, 3.05) is 23.8 Å². The summed E-state index contributed by atoms with van der Waals surface area (Å²) in [4.78, 5) is 48.0. The van der Waals surface area contributed by atoms with E-state index in [1.165, 1.54) is 12.1 Å². The zero-order chi connectivity index (χ0) is 29.0. The molecule has 41 heavy (non-hydrogen) atoms. The van der Waals surface area contributed by atoms with E-state index in [2.05, 4.69) is 10.6 Å². The number of ether oxygens (including phenoxy) is 3. The average molecular weight is 555 g/mol. The van der Waals surface area contributed by atoms with Crippen LogP contribution in [0.4, 0.5) is 11.4 Å². The quantitative estimate of drug-likeness (QED) is 0.203. The summed E-state index contributed by atoms with van der Waals surface area (Å²) in [5, 5.41) is 7.58. The van der Waals surface area contributed by atoms with E-state index in [0.717, 1.165) is 16.5 Å². The third kappa shape index (κ3) is 8.93. The lowest BCUT2D eigenvalue weighted by molar-refractivity contribution is -0.147. The van der Waals surface area contributed by atoms with Crippen LogP contribution in [0.2, 0.25) is 0 Å². The first-order valence-corrected chi connectivity index (χ1v) is 13.2. The van der Waals surface area contributed by atoms with E-state index in [0.29, 0.717) is 22.7 Å². The Morgan fingerprint density at radius 2 is 1.29 bits per heavy atom. The fourth-order valence-electron chi connectivity index (χ4n) is 3.91. The second kappa shape index (κ2) is 14.3. The summed E-state index contributed by atoms with van der Waals surface area (Å²) in [5.41, 5.74) is 1.42. The van der Waals surface area contributed by atoms with E-state index in [-0.39, 0.29) is 31.8 Å². The normalized spacial score (nSPS) is 10.5. The van der Waals surface area contributed by atoms with E-state index in [1.807, 2.05) is 42.5 Å². The van der Waals surface area contributed by atoms with Crippen LogP contribution in [0.15, 0.2) is 91.0 Å². The number of fused-ring (bicyclic) bond motifs is 1. The Kier molecular flexibility index (Phi) is 10.0. The highest BCUT2D eigenvalue weighted by molar-refractivity contribution is 5.94. The van der Waals surface area contributed by atoms with Gasteiger partial charge in [-0.1, -0.05) is 30.3 Å². The number of nitrogens with one attached hydrogen (secondary N) is 2. The number of carbonyl (C=O) groups is 4. The van der Waals surface area contributed by atoms with E-state index in [1.54, 1.807) is 43.3 Å². The molecule has 0 saturated carbocycles. The van der Waals surface area contributed by atoms with E-state index >= 15 is 0 Å². The van der Waals surface area contributed by atoms with Crippen LogP contribution >= 0.6 is 0 Å². The number of esters is 2. The maximum Gasteiger partial charge on any atom is 0.338 e. The van der Waals surface area contributed by atoms with Crippen molar-refractivity contribution in [3.05, 3.63) is 96.6 Å². The summed E-state index contributed by atoms with van der Waals surface area (Å²) >= 11 is 0. The van der Waals surface area contributed by atoms with Gasteiger partial charge in [0.1, 0.15) is 11.5 Å². The number of hydrogen-bond acceptors (Lipinski definition) is 7. The van der Waals surface area contributed by atoms with Gasteiger partial charge in [0.25, 0.3) is 5.91 Å². The predicted molar refractivity (Wildman–Crippen MR) is 155 cm³/mol. The number of carbonyl (C=O) groups excluding carboxylic acids is 4. The minimum atomic E-state index is -0.583. The number of amides is 2. The van der Waals surface area contributed by atoms with Crippen molar-refractivity contribution in [3.63, 3.8) is 0 Å². The lowest BCUT2D eigenvalue weighted by Gasteiger charge is -2.09. The molecule has 4 aromatic rings. The molecule has 0 atom stereocenters. The number of hydrogen-bond donors (Lipinski definition) is 2. The van der Waals surface area contributed by atoms with E-state index < -0.39 is 24.5 Å². The molecule has 0 aliphatic heterocycles. The van der Waals surface area contributed by atoms with Gasteiger partial charge in [-0.25, -0.2) is 4.79 Å². The molecule has 0 aliphatic rings. The van der Waals surface area contributed by atoms with Crippen LogP contribution in [0.25, 0.3) is 10.8 Å². The average Bonchev–Trinajstić information content (AvgIpc) is 2.97. The molecule has 9 nitrogen and oxygen atoms in total. The van der Waals surface area contributed by atoms with Gasteiger partial charge < -0.3 is 24.8 Å². The van der Waals surface area contributed by atoms with Crippen molar-refractivity contribution in [1.82, 2.24) is 0 Å². The van der Waals surface area contributed by atoms with Gasteiger partial charge in [-0.05, 0) is 84.8 Å². The van der Waals surface area contributed by atoms with Crippen LogP contribution in [0, 0.1) is 0 Å². The molecule has 2 amide bonds. The van der Waals surface area contributed by atoms with Gasteiger partial charge in [-0.2, -0.15) is 0 Å². The van der Waals surface area contributed by atoms with Crippen molar-refractivity contribution in [1.29, 1.82) is 0 Å². The minimum absolute atomic E-state index is 0.00648. The van der Waals surface area contributed by atoms with Crippen molar-refractivity contribution in [2.45, 2.75) is 26.2 Å². The maximum absolute atomic E-state index is 12.3. The van der Waals surface area contributed by atoms with Crippen LogP contribution in [-0.2, 0) is 23.9 Å². The monoisotopic (exact) mass is 554 g/mol. The van der Waals surface area contributed by atoms with Crippen molar-refractivity contribution >= 4 is 45.9 Å². The molecular formula is C32H30N2O7. The van der Waals surface area contributed by atoms with Crippen molar-refractivity contribution in [3.8, 4) is 11.5 Å². The Morgan fingerprint density at radius 3 is 2.00 bits per heavy atom. The Bertz CT molecular complexity index is 1520. The third-order valence-corrected chi connectivity index (χ3v) is 5.92. The second-order valence-electron chi connectivity index (χ2n) is 9.04. The Morgan fingerprint density at radius 1 is 0.659 bits per heavy atom. The van der Waals surface area contributed by atoms with Gasteiger partial charge >= 0.3 is 11.9 Å². The SMILES string of the molecule is CCOC(=O)c1ccc(NC(=O)COC(=O)CCCC(=O)Nc2ccc(Oc3ccc4ccccc4c3)cc2)cc1. The van der Waals surface area contributed by atoms with E-state index in [4.69, 9.17) is 14.2 Å². The molecular weight excluding hydrogens is 524 g/mol. The molecule has 4 rings (SSSR count). The zero-order valence-electron chi connectivity index (χ0n) is 22.6. The maximum atomic E-state index is 12.3. The molecule has 0 unspecified atom stereocenters. The number of benzene rings is 4. The Labute approximate surface area is 237 Å². The van der Waals surface area contributed by atoms with Gasteiger partial charge in [0, 0.05) is 24.2 Å². The molecule has 0 heterocycles. The van der Waals surface area contributed by atoms with Crippen LogP contribution < -0.4 is 15.4 Å². The molecule has 9 heteroatoms. The Balaban J connectivity index is 1.12. The summed E-state index contributed by atoms with van der Waals surface area (Å²) in [6, 6.07) is 27.1. The van der Waals surface area contributed by atoms with E-state index in [9.17, 15) is 19.2 Å². The Hall–Kier alpha value is -5.18. The summed E-state index contributed by atoms with van der Waals surface area (Å²) in [5.74, 6) is -0.444.